The topological polar surface area (TPSA) is 82.9 Å². The van der Waals surface area contributed by atoms with Crippen molar-refractivity contribution in [2.45, 2.75) is 25.9 Å². The summed E-state index contributed by atoms with van der Waals surface area (Å²) < 4.78 is 9.00. The van der Waals surface area contributed by atoms with Gasteiger partial charge >= 0.3 is 0 Å². The first-order valence-electron chi connectivity index (χ1n) is 6.15. The molecule has 0 amide bonds. The van der Waals surface area contributed by atoms with E-state index < -0.39 is 0 Å². The maximum atomic E-state index is 5.70. The molecule has 0 saturated heterocycles. The molecule has 2 aromatic rings. The van der Waals surface area contributed by atoms with Crippen molar-refractivity contribution in [2.75, 3.05) is 7.11 Å². The molecule has 2 heterocycles. The Morgan fingerprint density at radius 1 is 1.42 bits per heavy atom. The van der Waals surface area contributed by atoms with Crippen LogP contribution in [0.2, 0.25) is 0 Å². The number of nitrogens with zero attached hydrogens (tertiary/aromatic N) is 4. The molecule has 7 nitrogen and oxygen atoms in total. The van der Waals surface area contributed by atoms with E-state index in [1.54, 1.807) is 18.0 Å². The molecule has 0 aromatic carbocycles. The highest BCUT2D eigenvalue weighted by atomic mass is 16.5. The van der Waals surface area contributed by atoms with Crippen LogP contribution in [0.3, 0.4) is 0 Å². The maximum Gasteiger partial charge on any atom is 0.162 e. The van der Waals surface area contributed by atoms with E-state index in [1.165, 1.54) is 0 Å². The summed E-state index contributed by atoms with van der Waals surface area (Å²) in [4.78, 5) is 0. The van der Waals surface area contributed by atoms with Crippen LogP contribution in [0.25, 0.3) is 0 Å². The molecular weight excluding hydrogens is 244 g/mol. The molecule has 0 saturated carbocycles. The van der Waals surface area contributed by atoms with E-state index >= 15 is 0 Å². The summed E-state index contributed by atoms with van der Waals surface area (Å²) in [6.07, 6.45) is 3.57. The number of aryl methyl sites for hydroxylation is 1. The summed E-state index contributed by atoms with van der Waals surface area (Å²) in [7, 11) is 3.49. The van der Waals surface area contributed by atoms with Crippen LogP contribution in [0.5, 0.6) is 5.75 Å². The average Bonchev–Trinajstić information content (AvgIpc) is 2.97. The molecule has 7 heteroatoms. The Bertz CT molecular complexity index is 544. The van der Waals surface area contributed by atoms with Crippen molar-refractivity contribution in [3.8, 4) is 5.75 Å². The van der Waals surface area contributed by atoms with Crippen LogP contribution in [-0.2, 0) is 7.05 Å². The maximum absolute atomic E-state index is 5.70. The Hall–Kier alpha value is -1.86. The summed E-state index contributed by atoms with van der Waals surface area (Å²) in [5, 5.41) is 8.74. The SMILES string of the molecule is COc1cnn(C(C)C)c1C(NN)c1ccn(C)n1. The molecule has 0 aliphatic heterocycles. The molecule has 0 bridgehead atoms. The summed E-state index contributed by atoms with van der Waals surface area (Å²) in [6.45, 7) is 4.11. The lowest BCUT2D eigenvalue weighted by atomic mass is 10.1. The Balaban J connectivity index is 2.50. The summed E-state index contributed by atoms with van der Waals surface area (Å²) in [6, 6.07) is 1.86. The second-order valence-electron chi connectivity index (χ2n) is 4.65. The molecule has 3 N–H and O–H groups in total. The van der Waals surface area contributed by atoms with Gasteiger partial charge in [0.1, 0.15) is 11.7 Å². The second-order valence-corrected chi connectivity index (χ2v) is 4.65. The largest absolute Gasteiger partial charge is 0.493 e. The molecule has 0 aliphatic carbocycles. The summed E-state index contributed by atoms with van der Waals surface area (Å²) in [5.74, 6) is 6.40. The van der Waals surface area contributed by atoms with Gasteiger partial charge in [-0.25, -0.2) is 5.43 Å². The third-order valence-electron chi connectivity index (χ3n) is 2.98. The second kappa shape index (κ2) is 5.41. The van der Waals surface area contributed by atoms with Crippen molar-refractivity contribution in [2.24, 2.45) is 12.9 Å². The third kappa shape index (κ3) is 2.47. The Morgan fingerprint density at radius 2 is 2.16 bits per heavy atom. The van der Waals surface area contributed by atoms with E-state index in [1.807, 2.05) is 24.0 Å². The van der Waals surface area contributed by atoms with Crippen LogP contribution in [-0.4, -0.2) is 26.7 Å². The molecule has 104 valence electrons. The fraction of sp³-hybridized carbons (Fsp3) is 0.500. The van der Waals surface area contributed by atoms with Crippen molar-refractivity contribution < 1.29 is 4.74 Å². The fourth-order valence-corrected chi connectivity index (χ4v) is 2.09. The third-order valence-corrected chi connectivity index (χ3v) is 2.98. The van der Waals surface area contributed by atoms with Crippen LogP contribution < -0.4 is 16.0 Å². The average molecular weight is 264 g/mol. The molecule has 1 unspecified atom stereocenters. The van der Waals surface area contributed by atoms with Crippen molar-refractivity contribution >= 4 is 0 Å². The minimum absolute atomic E-state index is 0.207. The molecule has 1 atom stereocenters. The van der Waals surface area contributed by atoms with Crippen LogP contribution in [0.1, 0.15) is 37.3 Å². The number of rotatable bonds is 5. The zero-order valence-corrected chi connectivity index (χ0v) is 11.7. The lowest BCUT2D eigenvalue weighted by Crippen LogP contribution is -2.31. The van der Waals surface area contributed by atoms with Gasteiger partial charge in [-0.15, -0.1) is 0 Å². The lowest BCUT2D eigenvalue weighted by Gasteiger charge is -2.19. The van der Waals surface area contributed by atoms with Gasteiger partial charge in [-0.3, -0.25) is 15.2 Å². The molecule has 19 heavy (non-hydrogen) atoms. The minimum atomic E-state index is -0.263. The predicted molar refractivity (Wildman–Crippen MR) is 71.5 cm³/mol. The van der Waals surface area contributed by atoms with Crippen molar-refractivity contribution in [1.82, 2.24) is 25.0 Å². The summed E-state index contributed by atoms with van der Waals surface area (Å²) in [5.41, 5.74) is 4.49. The Kier molecular flexibility index (Phi) is 3.87. The van der Waals surface area contributed by atoms with E-state index in [0.717, 1.165) is 11.4 Å². The highest BCUT2D eigenvalue weighted by Gasteiger charge is 2.25. The van der Waals surface area contributed by atoms with Gasteiger partial charge in [-0.1, -0.05) is 0 Å². The first-order valence-corrected chi connectivity index (χ1v) is 6.15. The summed E-state index contributed by atoms with van der Waals surface area (Å²) >= 11 is 0. The van der Waals surface area contributed by atoms with Crippen LogP contribution in [0, 0.1) is 0 Å². The van der Waals surface area contributed by atoms with E-state index in [4.69, 9.17) is 10.6 Å². The van der Waals surface area contributed by atoms with Crippen molar-refractivity contribution in [3.05, 3.63) is 29.8 Å². The highest BCUT2D eigenvalue weighted by Crippen LogP contribution is 2.30. The zero-order chi connectivity index (χ0) is 14.0. The van der Waals surface area contributed by atoms with Gasteiger partial charge in [0.2, 0.25) is 0 Å². The van der Waals surface area contributed by atoms with Gasteiger partial charge in [0.15, 0.2) is 5.75 Å². The first kappa shape index (κ1) is 13.6. The standard InChI is InChI=1S/C12H20N6O/c1-8(2)18-12(10(19-4)7-14-18)11(15-13)9-5-6-17(3)16-9/h5-8,11,15H,13H2,1-4H3. The fourth-order valence-electron chi connectivity index (χ4n) is 2.09. The number of hydrazine groups is 1. The molecule has 0 fully saturated rings. The smallest absolute Gasteiger partial charge is 0.162 e. The van der Waals surface area contributed by atoms with Gasteiger partial charge < -0.3 is 4.74 Å². The first-order chi connectivity index (χ1) is 9.08. The number of aromatic nitrogens is 4. The van der Waals surface area contributed by atoms with Gasteiger partial charge in [-0.05, 0) is 19.9 Å². The minimum Gasteiger partial charge on any atom is -0.493 e. The number of hydrogen-bond acceptors (Lipinski definition) is 5. The number of hydrogen-bond donors (Lipinski definition) is 2. The molecule has 0 spiro atoms. The quantitative estimate of drug-likeness (QED) is 0.615. The highest BCUT2D eigenvalue weighted by molar-refractivity contribution is 5.33. The van der Waals surface area contributed by atoms with Crippen LogP contribution in [0.15, 0.2) is 18.5 Å². The van der Waals surface area contributed by atoms with Crippen molar-refractivity contribution in [3.63, 3.8) is 0 Å². The number of methoxy groups -OCH3 is 1. The van der Waals surface area contributed by atoms with Gasteiger partial charge in [0.25, 0.3) is 0 Å². The van der Waals surface area contributed by atoms with Gasteiger partial charge in [-0.2, -0.15) is 10.2 Å². The van der Waals surface area contributed by atoms with E-state index in [0.29, 0.717) is 5.75 Å². The lowest BCUT2D eigenvalue weighted by molar-refractivity contribution is 0.392. The zero-order valence-electron chi connectivity index (χ0n) is 11.7. The molecular formula is C12H20N6O. The Labute approximate surface area is 112 Å². The van der Waals surface area contributed by atoms with E-state index in [9.17, 15) is 0 Å². The van der Waals surface area contributed by atoms with E-state index in [2.05, 4.69) is 29.5 Å². The normalized spacial score (nSPS) is 12.9. The molecule has 0 radical (unpaired) electrons. The predicted octanol–water partition coefficient (Wildman–Crippen LogP) is 0.759. The number of nitrogens with two attached hydrogens (primary N) is 1. The molecule has 2 rings (SSSR count). The van der Waals surface area contributed by atoms with Crippen molar-refractivity contribution in [1.29, 1.82) is 0 Å². The molecule has 2 aromatic heterocycles. The number of nitrogens with one attached hydrogen (secondary N) is 1. The number of ether oxygens (including phenoxy) is 1. The van der Waals surface area contributed by atoms with Gasteiger partial charge in [0, 0.05) is 19.3 Å². The van der Waals surface area contributed by atoms with Gasteiger partial charge in [0.05, 0.1) is 19.0 Å². The van der Waals surface area contributed by atoms with E-state index in [-0.39, 0.29) is 12.1 Å². The van der Waals surface area contributed by atoms with Crippen LogP contribution >= 0.6 is 0 Å². The Morgan fingerprint density at radius 3 is 2.63 bits per heavy atom. The van der Waals surface area contributed by atoms with Crippen LogP contribution in [0.4, 0.5) is 0 Å². The monoisotopic (exact) mass is 264 g/mol. The molecule has 0 aliphatic rings.